The fourth-order valence-electron chi connectivity index (χ4n) is 1.77. The number of aryl methyl sites for hydroxylation is 2. The van der Waals surface area contributed by atoms with Crippen molar-refractivity contribution in [2.24, 2.45) is 0 Å². The number of nitrogens with zero attached hydrogens (tertiary/aromatic N) is 1. The van der Waals surface area contributed by atoms with E-state index in [1.165, 1.54) is 6.07 Å². The molecule has 0 atom stereocenters. The van der Waals surface area contributed by atoms with Gasteiger partial charge in [-0.05, 0) is 38.5 Å². The van der Waals surface area contributed by atoms with Crippen LogP contribution in [-0.4, -0.2) is 13.4 Å². The highest BCUT2D eigenvalue weighted by molar-refractivity contribution is 7.89. The maximum absolute atomic E-state index is 12.2. The molecule has 0 saturated heterocycles. The molecule has 0 bridgehead atoms. The predicted octanol–water partition coefficient (Wildman–Crippen LogP) is 1.66. The van der Waals surface area contributed by atoms with Gasteiger partial charge in [0.15, 0.2) is 0 Å². The van der Waals surface area contributed by atoms with Crippen molar-refractivity contribution >= 4 is 15.7 Å². The van der Waals surface area contributed by atoms with Crippen molar-refractivity contribution in [3.63, 3.8) is 0 Å². The van der Waals surface area contributed by atoms with Crippen LogP contribution in [0, 0.1) is 20.8 Å². The van der Waals surface area contributed by atoms with Crippen LogP contribution in [0.4, 0.5) is 5.69 Å². The van der Waals surface area contributed by atoms with Gasteiger partial charge in [0.1, 0.15) is 5.76 Å². The van der Waals surface area contributed by atoms with E-state index < -0.39 is 10.0 Å². The van der Waals surface area contributed by atoms with Crippen LogP contribution in [0.15, 0.2) is 27.5 Å². The van der Waals surface area contributed by atoms with Gasteiger partial charge < -0.3 is 10.2 Å². The number of oxazole rings is 1. The molecule has 0 aliphatic heterocycles. The van der Waals surface area contributed by atoms with Gasteiger partial charge in [-0.3, -0.25) is 0 Å². The first kappa shape index (κ1) is 14.5. The summed E-state index contributed by atoms with van der Waals surface area (Å²) < 4.78 is 32.3. The van der Waals surface area contributed by atoms with E-state index in [1.807, 2.05) is 0 Å². The number of aromatic nitrogens is 1. The highest BCUT2D eigenvalue weighted by Gasteiger charge is 2.18. The Bertz CT molecular complexity index is 716. The van der Waals surface area contributed by atoms with Crippen LogP contribution in [0.25, 0.3) is 0 Å². The average Bonchev–Trinajstić information content (AvgIpc) is 2.70. The number of rotatable bonds is 4. The number of sulfonamides is 1. The van der Waals surface area contributed by atoms with E-state index in [0.29, 0.717) is 22.9 Å². The summed E-state index contributed by atoms with van der Waals surface area (Å²) in [5.74, 6) is 1.02. The summed E-state index contributed by atoms with van der Waals surface area (Å²) >= 11 is 0. The second-order valence-corrected chi connectivity index (χ2v) is 6.28. The van der Waals surface area contributed by atoms with Gasteiger partial charge in [-0.15, -0.1) is 0 Å². The summed E-state index contributed by atoms with van der Waals surface area (Å²) in [6, 6.07) is 4.78. The summed E-state index contributed by atoms with van der Waals surface area (Å²) in [5.41, 5.74) is 7.44. The van der Waals surface area contributed by atoms with Crippen molar-refractivity contribution in [3.05, 3.63) is 41.1 Å². The monoisotopic (exact) mass is 295 g/mol. The van der Waals surface area contributed by atoms with Crippen LogP contribution in [0.3, 0.4) is 0 Å². The number of nitrogens with two attached hydrogens (primary N) is 1. The number of nitrogen functional groups attached to an aromatic ring is 1. The van der Waals surface area contributed by atoms with Crippen molar-refractivity contribution in [2.45, 2.75) is 32.2 Å². The Morgan fingerprint density at radius 3 is 2.60 bits per heavy atom. The molecule has 0 saturated carbocycles. The van der Waals surface area contributed by atoms with E-state index >= 15 is 0 Å². The van der Waals surface area contributed by atoms with Crippen molar-refractivity contribution in [1.82, 2.24) is 9.71 Å². The minimum absolute atomic E-state index is 0.00521. The first-order valence-corrected chi connectivity index (χ1v) is 7.57. The van der Waals surface area contributed by atoms with Gasteiger partial charge in [-0.2, -0.15) is 0 Å². The van der Waals surface area contributed by atoms with Gasteiger partial charge in [0.25, 0.3) is 0 Å². The maximum atomic E-state index is 12.2. The molecule has 0 spiro atoms. The second-order valence-electron chi connectivity index (χ2n) is 4.54. The normalized spacial score (nSPS) is 11.8. The third-order valence-corrected chi connectivity index (χ3v) is 4.65. The van der Waals surface area contributed by atoms with Crippen LogP contribution in [0.2, 0.25) is 0 Å². The Hall–Kier alpha value is -1.86. The SMILES string of the molecule is Cc1nc(CNS(=O)(=O)c2cccc(N)c2C)oc1C. The first-order chi connectivity index (χ1) is 9.31. The number of nitrogens with one attached hydrogen (secondary N) is 1. The Balaban J connectivity index is 2.21. The minimum atomic E-state index is -3.65. The Labute approximate surface area is 118 Å². The lowest BCUT2D eigenvalue weighted by molar-refractivity contribution is 0.463. The topological polar surface area (TPSA) is 98.2 Å². The Morgan fingerprint density at radius 1 is 1.30 bits per heavy atom. The van der Waals surface area contributed by atoms with Crippen molar-refractivity contribution in [1.29, 1.82) is 0 Å². The highest BCUT2D eigenvalue weighted by atomic mass is 32.2. The molecule has 1 aromatic heterocycles. The van der Waals surface area contributed by atoms with Gasteiger partial charge in [-0.25, -0.2) is 18.1 Å². The van der Waals surface area contributed by atoms with E-state index in [4.69, 9.17) is 10.2 Å². The fraction of sp³-hybridized carbons (Fsp3) is 0.308. The van der Waals surface area contributed by atoms with E-state index in [-0.39, 0.29) is 11.4 Å². The molecular weight excluding hydrogens is 278 g/mol. The van der Waals surface area contributed by atoms with Crippen molar-refractivity contribution in [3.8, 4) is 0 Å². The number of hydrogen-bond acceptors (Lipinski definition) is 5. The molecule has 3 N–H and O–H groups in total. The molecule has 20 heavy (non-hydrogen) atoms. The molecule has 7 heteroatoms. The molecule has 1 heterocycles. The van der Waals surface area contributed by atoms with Gasteiger partial charge in [-0.1, -0.05) is 6.07 Å². The Kier molecular flexibility index (Phi) is 3.82. The molecule has 0 radical (unpaired) electrons. The van der Waals surface area contributed by atoms with Crippen LogP contribution >= 0.6 is 0 Å². The molecule has 2 aromatic rings. The lowest BCUT2D eigenvalue weighted by Gasteiger charge is -2.09. The fourth-order valence-corrected chi connectivity index (χ4v) is 3.02. The van der Waals surface area contributed by atoms with Gasteiger partial charge in [0, 0.05) is 5.69 Å². The molecule has 0 amide bonds. The van der Waals surface area contributed by atoms with E-state index in [9.17, 15) is 8.42 Å². The summed E-state index contributed by atoms with van der Waals surface area (Å²) in [5, 5.41) is 0. The molecular formula is C13H17N3O3S. The van der Waals surface area contributed by atoms with Crippen molar-refractivity contribution in [2.75, 3.05) is 5.73 Å². The van der Waals surface area contributed by atoms with E-state index in [1.54, 1.807) is 32.9 Å². The van der Waals surface area contributed by atoms with Gasteiger partial charge in [0.2, 0.25) is 15.9 Å². The maximum Gasteiger partial charge on any atom is 0.241 e. The Morgan fingerprint density at radius 2 is 2.00 bits per heavy atom. The molecule has 6 nitrogen and oxygen atoms in total. The zero-order valence-corrected chi connectivity index (χ0v) is 12.4. The molecule has 1 aromatic carbocycles. The zero-order valence-electron chi connectivity index (χ0n) is 11.6. The van der Waals surface area contributed by atoms with Crippen LogP contribution in [0.1, 0.15) is 22.9 Å². The quantitative estimate of drug-likeness (QED) is 0.836. The van der Waals surface area contributed by atoms with Crippen LogP contribution in [-0.2, 0) is 16.6 Å². The van der Waals surface area contributed by atoms with Crippen LogP contribution < -0.4 is 10.5 Å². The summed E-state index contributed by atoms with van der Waals surface area (Å²) in [6.45, 7) is 5.26. The lowest BCUT2D eigenvalue weighted by Crippen LogP contribution is -2.24. The third-order valence-electron chi connectivity index (χ3n) is 3.10. The minimum Gasteiger partial charge on any atom is -0.444 e. The smallest absolute Gasteiger partial charge is 0.241 e. The number of hydrogen-bond donors (Lipinski definition) is 2. The zero-order chi connectivity index (χ0) is 14.9. The van der Waals surface area contributed by atoms with E-state index in [0.717, 1.165) is 5.69 Å². The molecule has 0 unspecified atom stereocenters. The predicted molar refractivity (Wildman–Crippen MR) is 75.6 cm³/mol. The summed E-state index contributed by atoms with van der Waals surface area (Å²) in [7, 11) is -3.65. The average molecular weight is 295 g/mol. The van der Waals surface area contributed by atoms with E-state index in [2.05, 4.69) is 9.71 Å². The first-order valence-electron chi connectivity index (χ1n) is 6.09. The molecule has 0 aliphatic carbocycles. The summed E-state index contributed by atoms with van der Waals surface area (Å²) in [6.07, 6.45) is 0. The largest absolute Gasteiger partial charge is 0.444 e. The summed E-state index contributed by atoms with van der Waals surface area (Å²) in [4.78, 5) is 4.29. The highest BCUT2D eigenvalue weighted by Crippen LogP contribution is 2.20. The molecule has 0 aliphatic rings. The molecule has 2 rings (SSSR count). The third kappa shape index (κ3) is 2.83. The molecule has 0 fully saturated rings. The number of benzene rings is 1. The van der Waals surface area contributed by atoms with Gasteiger partial charge in [0.05, 0.1) is 17.1 Å². The van der Waals surface area contributed by atoms with Crippen molar-refractivity contribution < 1.29 is 12.8 Å². The van der Waals surface area contributed by atoms with Crippen LogP contribution in [0.5, 0.6) is 0 Å². The number of anilines is 1. The van der Waals surface area contributed by atoms with Gasteiger partial charge >= 0.3 is 0 Å². The lowest BCUT2D eigenvalue weighted by atomic mass is 10.2. The standard InChI is InChI=1S/C13H17N3O3S/c1-8-11(14)5-4-6-12(8)20(17,18)15-7-13-16-9(2)10(3)19-13/h4-6,15H,7,14H2,1-3H3. The second kappa shape index (κ2) is 5.26. The molecule has 108 valence electrons.